The van der Waals surface area contributed by atoms with E-state index in [2.05, 4.69) is 43.2 Å². The van der Waals surface area contributed by atoms with Gasteiger partial charge in [0.2, 0.25) is 0 Å². The van der Waals surface area contributed by atoms with E-state index in [4.69, 9.17) is 11.6 Å². The molecule has 0 saturated carbocycles. The van der Waals surface area contributed by atoms with Gasteiger partial charge in [-0.25, -0.2) is 0 Å². The van der Waals surface area contributed by atoms with Crippen LogP contribution in [-0.4, -0.2) is 30.6 Å². The molecule has 1 unspecified atom stereocenters. The van der Waals surface area contributed by atoms with E-state index in [9.17, 15) is 0 Å². The van der Waals surface area contributed by atoms with Crippen LogP contribution in [0.3, 0.4) is 0 Å². The molecule has 2 nitrogen and oxygen atoms in total. The lowest BCUT2D eigenvalue weighted by molar-refractivity contribution is 0.586. The van der Waals surface area contributed by atoms with E-state index in [1.165, 1.54) is 29.2 Å². The maximum atomic E-state index is 6.18. The highest BCUT2D eigenvalue weighted by Gasteiger charge is 2.22. The summed E-state index contributed by atoms with van der Waals surface area (Å²) in [7, 11) is 2.20. The van der Waals surface area contributed by atoms with Crippen molar-refractivity contribution in [1.29, 1.82) is 0 Å². The summed E-state index contributed by atoms with van der Waals surface area (Å²) in [6, 6.07) is 7.37. The fraction of sp³-hybridized carbons (Fsp3) is 0.600. The Bertz CT molecular complexity index is 417. The van der Waals surface area contributed by atoms with Crippen LogP contribution in [0.15, 0.2) is 18.2 Å². The van der Waals surface area contributed by atoms with Gasteiger partial charge in [0, 0.05) is 42.1 Å². The van der Waals surface area contributed by atoms with Crippen LogP contribution in [0.5, 0.6) is 0 Å². The van der Waals surface area contributed by atoms with Gasteiger partial charge in [-0.3, -0.25) is 0 Å². The zero-order chi connectivity index (χ0) is 13.8. The Labute approximate surface area is 125 Å². The lowest BCUT2D eigenvalue weighted by atomic mass is 10.1. The van der Waals surface area contributed by atoms with Crippen molar-refractivity contribution in [3.05, 3.63) is 28.8 Å². The first kappa shape index (κ1) is 15.0. The van der Waals surface area contributed by atoms with E-state index in [0.717, 1.165) is 11.6 Å². The number of thioether (sulfide) groups is 1. The fourth-order valence-electron chi connectivity index (χ4n) is 2.35. The lowest BCUT2D eigenvalue weighted by Crippen LogP contribution is -2.33. The average Bonchev–Trinajstić information content (AvgIpc) is 2.90. The fourth-order valence-corrected chi connectivity index (χ4v) is 3.79. The molecule has 0 aromatic heterocycles. The lowest BCUT2D eigenvalue weighted by Gasteiger charge is -2.29. The summed E-state index contributed by atoms with van der Waals surface area (Å²) in [4.78, 5) is 2.41. The Morgan fingerprint density at radius 2 is 2.26 bits per heavy atom. The second-order valence-electron chi connectivity index (χ2n) is 5.44. The van der Waals surface area contributed by atoms with E-state index < -0.39 is 0 Å². The summed E-state index contributed by atoms with van der Waals surface area (Å²) >= 11 is 8.22. The molecule has 1 saturated heterocycles. The van der Waals surface area contributed by atoms with Crippen molar-refractivity contribution in [2.75, 3.05) is 23.5 Å². The molecule has 1 aromatic rings. The molecule has 1 N–H and O–H groups in total. The van der Waals surface area contributed by atoms with Crippen LogP contribution < -0.4 is 10.2 Å². The van der Waals surface area contributed by atoms with Crippen LogP contribution in [-0.2, 0) is 6.54 Å². The summed E-state index contributed by atoms with van der Waals surface area (Å²) in [5.74, 6) is 2.50. The Kier molecular flexibility index (Phi) is 5.43. The molecular formula is C15H23ClN2S. The van der Waals surface area contributed by atoms with Crippen LogP contribution in [0.1, 0.15) is 25.8 Å². The molecule has 106 valence electrons. The predicted molar refractivity (Wildman–Crippen MR) is 87.6 cm³/mol. The van der Waals surface area contributed by atoms with Gasteiger partial charge in [-0.15, -0.1) is 0 Å². The van der Waals surface area contributed by atoms with Crippen molar-refractivity contribution in [3.8, 4) is 0 Å². The van der Waals surface area contributed by atoms with Crippen molar-refractivity contribution in [1.82, 2.24) is 5.32 Å². The minimum atomic E-state index is 0.496. The molecule has 1 atom stereocenters. The zero-order valence-corrected chi connectivity index (χ0v) is 13.5. The number of nitrogens with zero attached hydrogens (tertiary/aromatic N) is 1. The third-order valence-electron chi connectivity index (χ3n) is 3.58. The van der Waals surface area contributed by atoms with Crippen LogP contribution in [0.2, 0.25) is 5.02 Å². The average molecular weight is 299 g/mol. The van der Waals surface area contributed by atoms with Gasteiger partial charge in [-0.05, 0) is 29.9 Å². The van der Waals surface area contributed by atoms with Crippen LogP contribution >= 0.6 is 23.4 Å². The minimum Gasteiger partial charge on any atom is -0.370 e. The molecule has 4 heteroatoms. The molecule has 0 spiro atoms. The Hall–Kier alpha value is -0.380. The topological polar surface area (TPSA) is 15.3 Å². The minimum absolute atomic E-state index is 0.496. The van der Waals surface area contributed by atoms with E-state index in [-0.39, 0.29) is 0 Å². The number of rotatable bonds is 5. The van der Waals surface area contributed by atoms with Crippen LogP contribution in [0, 0.1) is 0 Å². The monoisotopic (exact) mass is 298 g/mol. The highest BCUT2D eigenvalue weighted by atomic mass is 35.5. The Morgan fingerprint density at radius 3 is 2.89 bits per heavy atom. The smallest absolute Gasteiger partial charge is 0.0426 e. The number of benzene rings is 1. The van der Waals surface area contributed by atoms with Crippen molar-refractivity contribution < 1.29 is 0 Å². The first-order valence-corrected chi connectivity index (χ1v) is 8.43. The second-order valence-corrected chi connectivity index (χ2v) is 7.02. The molecule has 0 amide bonds. The van der Waals surface area contributed by atoms with Gasteiger partial charge < -0.3 is 10.2 Å². The van der Waals surface area contributed by atoms with E-state index >= 15 is 0 Å². The summed E-state index contributed by atoms with van der Waals surface area (Å²) in [5.41, 5.74) is 2.60. The maximum Gasteiger partial charge on any atom is 0.0426 e. The third kappa shape index (κ3) is 4.04. The van der Waals surface area contributed by atoms with Gasteiger partial charge in [0.05, 0.1) is 0 Å². The molecule has 0 radical (unpaired) electrons. The summed E-state index contributed by atoms with van der Waals surface area (Å²) < 4.78 is 0. The van der Waals surface area contributed by atoms with Crippen molar-refractivity contribution in [3.63, 3.8) is 0 Å². The quantitative estimate of drug-likeness (QED) is 0.890. The highest BCUT2D eigenvalue weighted by Crippen LogP contribution is 2.30. The summed E-state index contributed by atoms with van der Waals surface area (Å²) in [5, 5.41) is 4.31. The highest BCUT2D eigenvalue weighted by molar-refractivity contribution is 7.99. The largest absolute Gasteiger partial charge is 0.370 e. The molecule has 19 heavy (non-hydrogen) atoms. The predicted octanol–water partition coefficient (Wildman–Crippen LogP) is 3.78. The standard InChI is InChI=1S/C15H23ClN2S/c1-11(2)17-9-12-4-5-13(16)8-15(12)18(3)14-6-7-19-10-14/h4-5,8,11,14,17H,6-7,9-10H2,1-3H3. The van der Waals surface area contributed by atoms with Crippen molar-refractivity contribution in [2.24, 2.45) is 0 Å². The second kappa shape index (κ2) is 6.87. The number of nitrogens with one attached hydrogen (secondary N) is 1. The van der Waals surface area contributed by atoms with Gasteiger partial charge in [-0.2, -0.15) is 11.8 Å². The van der Waals surface area contributed by atoms with Crippen LogP contribution in [0.25, 0.3) is 0 Å². The molecule has 1 heterocycles. The molecule has 1 aliphatic rings. The van der Waals surface area contributed by atoms with E-state index in [1.807, 2.05) is 17.8 Å². The number of anilines is 1. The molecule has 1 aromatic carbocycles. The number of hydrogen-bond donors (Lipinski definition) is 1. The van der Waals surface area contributed by atoms with Crippen LogP contribution in [0.4, 0.5) is 5.69 Å². The van der Waals surface area contributed by atoms with Gasteiger partial charge in [0.25, 0.3) is 0 Å². The van der Waals surface area contributed by atoms with Crippen molar-refractivity contribution >= 4 is 29.1 Å². The SMILES string of the molecule is CC(C)NCc1ccc(Cl)cc1N(C)C1CCSC1. The Balaban J connectivity index is 2.18. The zero-order valence-electron chi connectivity index (χ0n) is 11.9. The maximum absolute atomic E-state index is 6.18. The van der Waals surface area contributed by atoms with Gasteiger partial charge in [-0.1, -0.05) is 31.5 Å². The van der Waals surface area contributed by atoms with Crippen molar-refractivity contribution in [2.45, 2.75) is 38.9 Å². The summed E-state index contributed by atoms with van der Waals surface area (Å²) in [6.45, 7) is 5.24. The third-order valence-corrected chi connectivity index (χ3v) is 4.96. The molecule has 1 fully saturated rings. The van der Waals surface area contributed by atoms with Gasteiger partial charge in [0.1, 0.15) is 0 Å². The molecular weight excluding hydrogens is 276 g/mol. The first-order valence-electron chi connectivity index (χ1n) is 6.90. The first-order chi connectivity index (χ1) is 9.08. The number of halogens is 1. The normalized spacial score (nSPS) is 19.1. The Morgan fingerprint density at radius 1 is 1.47 bits per heavy atom. The summed E-state index contributed by atoms with van der Waals surface area (Å²) in [6.07, 6.45) is 1.27. The molecule has 0 bridgehead atoms. The molecule has 1 aliphatic heterocycles. The van der Waals surface area contributed by atoms with E-state index in [0.29, 0.717) is 12.1 Å². The van der Waals surface area contributed by atoms with Gasteiger partial charge in [0.15, 0.2) is 0 Å². The molecule has 0 aliphatic carbocycles. The van der Waals surface area contributed by atoms with E-state index in [1.54, 1.807) is 0 Å². The number of hydrogen-bond acceptors (Lipinski definition) is 3. The molecule has 2 rings (SSSR count). The van der Waals surface area contributed by atoms with Gasteiger partial charge >= 0.3 is 0 Å².